The number of hydrogen-bond acceptors (Lipinski definition) is 4. The second-order valence-corrected chi connectivity index (χ2v) is 6.40. The molecule has 0 aliphatic carbocycles. The van der Waals surface area contributed by atoms with Gasteiger partial charge in [-0.2, -0.15) is 0 Å². The van der Waals surface area contributed by atoms with E-state index < -0.39 is 5.09 Å². The molecule has 0 unspecified atom stereocenters. The van der Waals surface area contributed by atoms with Crippen LogP contribution in [0.4, 0.5) is 0 Å². The van der Waals surface area contributed by atoms with Crippen LogP contribution in [0.5, 0.6) is 0 Å². The van der Waals surface area contributed by atoms with E-state index in [9.17, 15) is 4.79 Å². The van der Waals surface area contributed by atoms with Crippen molar-refractivity contribution in [2.45, 2.75) is 110 Å². The Hall–Kier alpha value is -1.37. The van der Waals surface area contributed by atoms with Crippen LogP contribution in [0.3, 0.4) is 0 Å². The normalized spacial score (nSPS) is 9.64. The van der Waals surface area contributed by atoms with E-state index in [1.165, 1.54) is 89.9 Å². The molecule has 25 heavy (non-hydrogen) atoms. The summed E-state index contributed by atoms with van der Waals surface area (Å²) in [6, 6.07) is 0. The average Bonchev–Trinajstić information content (AvgIpc) is 2.50. The zero-order valence-electron chi connectivity index (χ0n) is 16.2. The van der Waals surface area contributed by atoms with E-state index in [4.69, 9.17) is 21.1 Å². The van der Waals surface area contributed by atoms with Crippen molar-refractivity contribution in [3.05, 3.63) is 10.1 Å². The van der Waals surface area contributed by atoms with Gasteiger partial charge >= 0.3 is 0 Å². The smallest absolute Gasteiger partial charge is 0.291 e. The van der Waals surface area contributed by atoms with Crippen LogP contribution in [-0.4, -0.2) is 16.2 Å². The number of rotatable bonds is 16. The molecule has 0 rings (SSSR count). The predicted molar refractivity (Wildman–Crippen MR) is 103 cm³/mol. The zero-order valence-corrected chi connectivity index (χ0v) is 16.2. The molecule has 0 aromatic carbocycles. The highest BCUT2D eigenvalue weighted by atomic mass is 16.9. The lowest BCUT2D eigenvalue weighted by atomic mass is 10.0. The minimum atomic E-state index is -1.50. The molecule has 7 heteroatoms. The summed E-state index contributed by atoms with van der Waals surface area (Å²) in [5, 5.41) is 13.6. The molecule has 0 heterocycles. The maximum absolute atomic E-state index is 10.6. The summed E-state index contributed by atoms with van der Waals surface area (Å²) in [5.41, 5.74) is 5.11. The van der Waals surface area contributed by atoms with Gasteiger partial charge in [-0.15, -0.1) is 10.1 Å². The van der Waals surface area contributed by atoms with Gasteiger partial charge in [-0.3, -0.25) is 4.79 Å². The third-order valence-electron chi connectivity index (χ3n) is 4.03. The van der Waals surface area contributed by atoms with Crippen LogP contribution in [0.1, 0.15) is 110 Å². The molecule has 0 atom stereocenters. The maximum Gasteiger partial charge on any atom is 0.291 e. The second kappa shape index (κ2) is 24.9. The summed E-state index contributed by atoms with van der Waals surface area (Å²) in [6.07, 6.45) is 20.9. The van der Waals surface area contributed by atoms with Gasteiger partial charge in [-0.25, -0.2) is 0 Å². The third kappa shape index (κ3) is 39.4. The molecule has 6 N–H and O–H groups in total. The Kier molecular flexibility index (Phi) is 28.3. The number of nitrogens with two attached hydrogens (primary N) is 1. The standard InChI is InChI=1S/C18H37NO.HNO3.H3N/c1-2-3-4-5-6-7-8-9-10-11-12-13-14-15-16-17-18(19)20;2-1(3)4;/h2-17H2,1H3,(H2,19,20);(H,2,3,4);1H3. The molecule has 0 bridgehead atoms. The summed E-state index contributed by atoms with van der Waals surface area (Å²) >= 11 is 0. The number of carbonyl (C=O) groups is 1. The van der Waals surface area contributed by atoms with Gasteiger partial charge in [-0.05, 0) is 6.42 Å². The Morgan fingerprint density at radius 2 is 1.04 bits per heavy atom. The Bertz CT molecular complexity index is 285. The van der Waals surface area contributed by atoms with E-state index in [0.717, 1.165) is 6.42 Å². The molecule has 0 aromatic rings. The van der Waals surface area contributed by atoms with E-state index >= 15 is 0 Å². The van der Waals surface area contributed by atoms with Gasteiger partial charge in [0.05, 0.1) is 0 Å². The molecule has 0 spiro atoms. The van der Waals surface area contributed by atoms with Gasteiger partial charge in [0, 0.05) is 6.42 Å². The summed E-state index contributed by atoms with van der Waals surface area (Å²) in [6.45, 7) is 2.28. The molecule has 0 saturated carbocycles. The fourth-order valence-electron chi connectivity index (χ4n) is 2.67. The molecule has 0 aromatic heterocycles. The maximum atomic E-state index is 10.6. The Morgan fingerprint density at radius 3 is 1.28 bits per heavy atom. The van der Waals surface area contributed by atoms with Gasteiger partial charge in [0.15, 0.2) is 0 Å². The Morgan fingerprint density at radius 1 is 0.800 bits per heavy atom. The molecule has 0 radical (unpaired) electrons. The number of carbonyl (C=O) groups excluding carboxylic acids is 1. The van der Waals surface area contributed by atoms with Crippen molar-refractivity contribution in [1.29, 1.82) is 0 Å². The van der Waals surface area contributed by atoms with E-state index in [1.54, 1.807) is 0 Å². The lowest BCUT2D eigenvalue weighted by Crippen LogP contribution is -2.09. The summed E-state index contributed by atoms with van der Waals surface area (Å²) in [5.74, 6) is -0.153. The first kappa shape index (κ1) is 28.4. The molecular weight excluding hydrogens is 322 g/mol. The molecule has 1 amide bonds. The van der Waals surface area contributed by atoms with E-state index in [0.29, 0.717) is 6.42 Å². The lowest BCUT2D eigenvalue weighted by Gasteiger charge is -2.03. The van der Waals surface area contributed by atoms with E-state index in [2.05, 4.69) is 6.92 Å². The lowest BCUT2D eigenvalue weighted by molar-refractivity contribution is -0.742. The number of hydrogen-bond donors (Lipinski definition) is 3. The molecule has 7 nitrogen and oxygen atoms in total. The van der Waals surface area contributed by atoms with Gasteiger partial charge in [-0.1, -0.05) is 96.8 Å². The number of amides is 1. The fourth-order valence-corrected chi connectivity index (χ4v) is 2.67. The highest BCUT2D eigenvalue weighted by molar-refractivity contribution is 5.73. The van der Waals surface area contributed by atoms with Crippen molar-refractivity contribution in [2.24, 2.45) is 5.73 Å². The number of primary amides is 1. The van der Waals surface area contributed by atoms with Crippen molar-refractivity contribution in [2.75, 3.05) is 0 Å². The highest BCUT2D eigenvalue weighted by Gasteiger charge is 1.96. The van der Waals surface area contributed by atoms with Crippen LogP contribution >= 0.6 is 0 Å². The van der Waals surface area contributed by atoms with Crippen LogP contribution in [-0.2, 0) is 4.79 Å². The van der Waals surface area contributed by atoms with Crippen LogP contribution in [0.15, 0.2) is 0 Å². The minimum absolute atomic E-state index is 0. The van der Waals surface area contributed by atoms with Gasteiger partial charge in [0.1, 0.15) is 0 Å². The first-order chi connectivity index (χ1) is 11.5. The van der Waals surface area contributed by atoms with Gasteiger partial charge < -0.3 is 17.1 Å². The predicted octanol–water partition coefficient (Wildman–Crippen LogP) is 5.55. The SMILES string of the molecule is CCCCCCCCCCCCCCCCCC(N)=O.N.O=[N+]([O-])O. The second-order valence-electron chi connectivity index (χ2n) is 6.40. The van der Waals surface area contributed by atoms with Gasteiger partial charge in [0.25, 0.3) is 5.09 Å². The Balaban J connectivity index is -0.000000867. The minimum Gasteiger partial charge on any atom is -0.370 e. The molecule has 152 valence electrons. The van der Waals surface area contributed by atoms with Crippen molar-refractivity contribution < 1.29 is 15.1 Å². The van der Waals surface area contributed by atoms with Crippen LogP contribution in [0, 0.1) is 10.1 Å². The highest BCUT2D eigenvalue weighted by Crippen LogP contribution is 2.13. The van der Waals surface area contributed by atoms with Gasteiger partial charge in [0.2, 0.25) is 5.91 Å². The zero-order chi connectivity index (χ0) is 18.5. The fraction of sp³-hybridized carbons (Fsp3) is 0.944. The van der Waals surface area contributed by atoms with Crippen molar-refractivity contribution in [3.63, 3.8) is 0 Å². The molecule has 0 aliphatic heterocycles. The number of nitrogens with zero attached hydrogens (tertiary/aromatic N) is 1. The summed E-state index contributed by atoms with van der Waals surface area (Å²) in [7, 11) is 0. The molecule has 0 saturated heterocycles. The first-order valence-electron chi connectivity index (χ1n) is 9.62. The monoisotopic (exact) mass is 363 g/mol. The van der Waals surface area contributed by atoms with Crippen LogP contribution < -0.4 is 11.9 Å². The third-order valence-corrected chi connectivity index (χ3v) is 4.03. The van der Waals surface area contributed by atoms with Crippen LogP contribution in [0.2, 0.25) is 0 Å². The topological polar surface area (TPSA) is 141 Å². The first-order valence-corrected chi connectivity index (χ1v) is 9.62. The molecular formula is C18H41N3O4. The number of unbranched alkanes of at least 4 members (excludes halogenated alkanes) is 14. The molecule has 0 aliphatic rings. The average molecular weight is 364 g/mol. The summed E-state index contributed by atoms with van der Waals surface area (Å²) in [4.78, 5) is 18.9. The van der Waals surface area contributed by atoms with Crippen molar-refractivity contribution in [1.82, 2.24) is 6.15 Å². The van der Waals surface area contributed by atoms with E-state index in [1.807, 2.05) is 0 Å². The quantitative estimate of drug-likeness (QED) is 0.187. The van der Waals surface area contributed by atoms with E-state index in [-0.39, 0.29) is 12.1 Å². The summed E-state index contributed by atoms with van der Waals surface area (Å²) < 4.78 is 0. The Labute approximate surface area is 153 Å². The van der Waals surface area contributed by atoms with Crippen molar-refractivity contribution in [3.8, 4) is 0 Å². The van der Waals surface area contributed by atoms with Crippen LogP contribution in [0.25, 0.3) is 0 Å². The van der Waals surface area contributed by atoms with Crippen molar-refractivity contribution >= 4 is 5.91 Å². The largest absolute Gasteiger partial charge is 0.370 e. The molecule has 0 fully saturated rings.